The van der Waals surface area contributed by atoms with Gasteiger partial charge in [-0.3, -0.25) is 4.79 Å². The maximum Gasteiger partial charge on any atom is 0.335 e. The average Bonchev–Trinajstić information content (AvgIpc) is 2.83. The third-order valence-corrected chi connectivity index (χ3v) is 6.91. The molecule has 0 fully saturated rings. The first-order valence-corrected chi connectivity index (χ1v) is 11.6. The summed E-state index contributed by atoms with van der Waals surface area (Å²) < 4.78 is 0. The number of carboxylic acid groups (broad SMARTS) is 1. The number of fused-ring (bicyclic) bond motifs is 6. The van der Waals surface area contributed by atoms with Gasteiger partial charge in [-0.25, -0.2) is 4.79 Å². The molecule has 0 unspecified atom stereocenters. The second-order valence-electron chi connectivity index (χ2n) is 9.65. The third kappa shape index (κ3) is 3.96. The minimum atomic E-state index is -1.00. The Labute approximate surface area is 197 Å². The van der Waals surface area contributed by atoms with E-state index in [0.29, 0.717) is 10.9 Å². The number of aromatic nitrogens is 1. The number of carboxylic acids is 1. The Morgan fingerprint density at radius 2 is 1.59 bits per heavy atom. The summed E-state index contributed by atoms with van der Waals surface area (Å²) in [7, 11) is 0. The molecule has 1 heterocycles. The minimum absolute atomic E-state index is 0.166. The molecule has 0 amide bonds. The molecule has 0 saturated heterocycles. The lowest BCUT2D eigenvalue weighted by atomic mass is 9.71. The van der Waals surface area contributed by atoms with Crippen molar-refractivity contribution in [2.75, 3.05) is 0 Å². The van der Waals surface area contributed by atoms with Gasteiger partial charge in [-0.05, 0) is 80.9 Å². The van der Waals surface area contributed by atoms with Gasteiger partial charge in [0.05, 0.1) is 5.56 Å². The predicted molar refractivity (Wildman–Crippen MR) is 139 cm³/mol. The lowest BCUT2D eigenvalue weighted by Gasteiger charge is -2.34. The molecule has 0 bridgehead atoms. The Morgan fingerprint density at radius 1 is 0.853 bits per heavy atom. The smallest absolute Gasteiger partial charge is 0.335 e. The highest BCUT2D eigenvalue weighted by Crippen LogP contribution is 2.42. The van der Waals surface area contributed by atoms with Crippen molar-refractivity contribution in [3.63, 3.8) is 0 Å². The summed E-state index contributed by atoms with van der Waals surface area (Å²) in [5.74, 6) is -1.00. The van der Waals surface area contributed by atoms with Crippen LogP contribution in [0.3, 0.4) is 0 Å². The number of H-pyrrole nitrogens is 1. The molecule has 0 spiro atoms. The van der Waals surface area contributed by atoms with Gasteiger partial charge in [0.2, 0.25) is 5.56 Å². The van der Waals surface area contributed by atoms with Crippen LogP contribution in [0.15, 0.2) is 83.7 Å². The van der Waals surface area contributed by atoms with Gasteiger partial charge < -0.3 is 10.1 Å². The Morgan fingerprint density at radius 3 is 2.41 bits per heavy atom. The van der Waals surface area contributed by atoms with Crippen molar-refractivity contribution >= 4 is 38.4 Å². The van der Waals surface area contributed by atoms with Gasteiger partial charge in [0.1, 0.15) is 0 Å². The van der Waals surface area contributed by atoms with Crippen LogP contribution in [0.25, 0.3) is 32.4 Å². The standard InChI is InChI=1S/C20H20.C10H7NO3/c1-20(2)13-5-7-15-10-11-17-16-8-4-3-6-14(16)9-12-18(17)19(15)20;12-9-4-3-6-1-2-7(10(13)14)5-8(6)11-9/h3-4,6,8-12H,5,7,13H2,1-2H3;1-5H,(H,11,12)(H,13,14). The number of hydrogen-bond donors (Lipinski definition) is 2. The van der Waals surface area contributed by atoms with Gasteiger partial charge in [0, 0.05) is 11.6 Å². The van der Waals surface area contributed by atoms with E-state index in [1.165, 1.54) is 59.0 Å². The number of aryl methyl sites for hydroxylation is 1. The molecule has 1 aromatic heterocycles. The summed E-state index contributed by atoms with van der Waals surface area (Å²) in [5.41, 5.74) is 3.92. The molecule has 2 N–H and O–H groups in total. The molecule has 4 heteroatoms. The molecule has 0 radical (unpaired) electrons. The molecule has 1 aliphatic rings. The third-order valence-electron chi connectivity index (χ3n) is 6.91. The van der Waals surface area contributed by atoms with Crippen molar-refractivity contribution < 1.29 is 9.90 Å². The predicted octanol–water partition coefficient (Wildman–Crippen LogP) is 6.83. The van der Waals surface area contributed by atoms with Crippen LogP contribution in [0.5, 0.6) is 0 Å². The molecular weight excluding hydrogens is 422 g/mol. The Kier molecular flexibility index (Phi) is 5.45. The summed E-state index contributed by atoms with van der Waals surface area (Å²) >= 11 is 0. The van der Waals surface area contributed by atoms with Gasteiger partial charge in [-0.2, -0.15) is 0 Å². The number of aromatic amines is 1. The van der Waals surface area contributed by atoms with Crippen molar-refractivity contribution in [3.05, 3.63) is 106 Å². The van der Waals surface area contributed by atoms with Gasteiger partial charge >= 0.3 is 5.97 Å². The van der Waals surface area contributed by atoms with Crippen LogP contribution in [0.2, 0.25) is 0 Å². The SMILES string of the molecule is CC1(C)CCCc2ccc3c(ccc4ccccc43)c21.O=C(O)c1ccc2ccc(=O)[nH]c2c1. The normalized spacial score (nSPS) is 14.4. The number of pyridine rings is 1. The Balaban J connectivity index is 0.000000152. The first-order chi connectivity index (χ1) is 16.3. The second kappa shape index (κ2) is 8.45. The van der Waals surface area contributed by atoms with E-state index in [1.807, 2.05) is 0 Å². The fraction of sp³-hybridized carbons (Fsp3) is 0.200. The van der Waals surface area contributed by atoms with Crippen LogP contribution in [0, 0.1) is 0 Å². The second-order valence-corrected chi connectivity index (χ2v) is 9.65. The van der Waals surface area contributed by atoms with E-state index >= 15 is 0 Å². The fourth-order valence-corrected chi connectivity index (χ4v) is 5.27. The van der Waals surface area contributed by atoms with Crippen LogP contribution in [0.4, 0.5) is 0 Å². The maximum absolute atomic E-state index is 11.0. The number of hydrogen-bond acceptors (Lipinski definition) is 2. The maximum atomic E-state index is 11.0. The fourth-order valence-electron chi connectivity index (χ4n) is 5.27. The zero-order valence-electron chi connectivity index (χ0n) is 19.4. The van der Waals surface area contributed by atoms with E-state index < -0.39 is 5.97 Å². The van der Waals surface area contributed by atoms with Crippen molar-refractivity contribution in [3.8, 4) is 0 Å². The summed E-state index contributed by atoms with van der Waals surface area (Å²) in [6.45, 7) is 4.80. The summed E-state index contributed by atoms with van der Waals surface area (Å²) in [5, 5.41) is 15.1. The van der Waals surface area contributed by atoms with Crippen molar-refractivity contribution in [2.45, 2.75) is 38.5 Å². The molecule has 5 aromatic rings. The van der Waals surface area contributed by atoms with Crippen LogP contribution in [-0.2, 0) is 11.8 Å². The largest absolute Gasteiger partial charge is 0.478 e. The first-order valence-electron chi connectivity index (χ1n) is 11.6. The van der Waals surface area contributed by atoms with Gasteiger partial charge in [-0.1, -0.05) is 68.4 Å². The highest BCUT2D eigenvalue weighted by molar-refractivity contribution is 6.09. The van der Waals surface area contributed by atoms with E-state index in [0.717, 1.165) is 5.39 Å². The lowest BCUT2D eigenvalue weighted by Crippen LogP contribution is -2.24. The molecule has 4 nitrogen and oxygen atoms in total. The van der Waals surface area contributed by atoms with E-state index in [9.17, 15) is 9.59 Å². The first kappa shape index (κ1) is 21.9. The molecule has 6 rings (SSSR count). The van der Waals surface area contributed by atoms with Crippen LogP contribution in [0.1, 0.15) is 48.2 Å². The highest BCUT2D eigenvalue weighted by Gasteiger charge is 2.29. The topological polar surface area (TPSA) is 70.2 Å². The van der Waals surface area contributed by atoms with Crippen LogP contribution in [-0.4, -0.2) is 16.1 Å². The zero-order valence-corrected chi connectivity index (χ0v) is 19.4. The number of carbonyl (C=O) groups is 1. The number of aromatic carboxylic acids is 1. The number of benzene rings is 4. The van der Waals surface area contributed by atoms with Gasteiger partial charge in [0.25, 0.3) is 0 Å². The van der Waals surface area contributed by atoms with E-state index in [-0.39, 0.29) is 11.1 Å². The molecule has 170 valence electrons. The summed E-state index contributed by atoms with van der Waals surface area (Å²) in [4.78, 5) is 24.2. The van der Waals surface area contributed by atoms with E-state index in [4.69, 9.17) is 5.11 Å². The quantitative estimate of drug-likeness (QED) is 0.275. The van der Waals surface area contributed by atoms with Crippen LogP contribution < -0.4 is 5.56 Å². The zero-order chi connectivity index (χ0) is 23.9. The molecule has 0 atom stereocenters. The molecule has 34 heavy (non-hydrogen) atoms. The molecule has 1 aliphatic carbocycles. The molecular formula is C30H27NO3. The van der Waals surface area contributed by atoms with Gasteiger partial charge in [-0.15, -0.1) is 0 Å². The molecule has 0 saturated carbocycles. The lowest BCUT2D eigenvalue weighted by molar-refractivity contribution is 0.0697. The monoisotopic (exact) mass is 449 g/mol. The molecule has 4 aromatic carbocycles. The summed E-state index contributed by atoms with van der Waals surface area (Å²) in [6, 6.07) is 25.7. The number of rotatable bonds is 1. The van der Waals surface area contributed by atoms with E-state index in [1.54, 1.807) is 23.3 Å². The minimum Gasteiger partial charge on any atom is -0.478 e. The van der Waals surface area contributed by atoms with Crippen LogP contribution >= 0.6 is 0 Å². The van der Waals surface area contributed by atoms with Crippen molar-refractivity contribution in [1.29, 1.82) is 0 Å². The Bertz CT molecular complexity index is 1610. The van der Waals surface area contributed by atoms with Crippen molar-refractivity contribution in [2.24, 2.45) is 0 Å². The average molecular weight is 450 g/mol. The van der Waals surface area contributed by atoms with Gasteiger partial charge in [0.15, 0.2) is 0 Å². The highest BCUT2D eigenvalue weighted by atomic mass is 16.4. The van der Waals surface area contributed by atoms with Crippen molar-refractivity contribution in [1.82, 2.24) is 4.98 Å². The summed E-state index contributed by atoms with van der Waals surface area (Å²) in [6.07, 6.45) is 3.85. The molecule has 0 aliphatic heterocycles. The Hall–Kier alpha value is -3.92. The van der Waals surface area contributed by atoms with E-state index in [2.05, 4.69) is 67.4 Å². The number of nitrogens with one attached hydrogen (secondary N) is 1.